The van der Waals surface area contributed by atoms with Crippen LogP contribution in [0.15, 0.2) is 36.4 Å². The van der Waals surface area contributed by atoms with Gasteiger partial charge in [0.15, 0.2) is 0 Å². The zero-order chi connectivity index (χ0) is 20.4. The molecule has 0 aliphatic carbocycles. The summed E-state index contributed by atoms with van der Waals surface area (Å²) in [6.45, 7) is 1.28. The molecule has 0 saturated carbocycles. The zero-order valence-electron chi connectivity index (χ0n) is 13.6. The van der Waals surface area contributed by atoms with E-state index in [1.807, 2.05) is 0 Å². The average molecular weight is 405 g/mol. The van der Waals surface area contributed by atoms with E-state index >= 15 is 0 Å². The Labute approximate surface area is 155 Å². The topological polar surface area (TPSA) is 102 Å². The molecular weight excluding hydrogens is 393 g/mol. The fourth-order valence-corrected chi connectivity index (χ4v) is 2.25. The second-order valence-electron chi connectivity index (χ2n) is 5.39. The molecule has 0 aromatic heterocycles. The third kappa shape index (κ3) is 5.00. The van der Waals surface area contributed by atoms with Gasteiger partial charge in [-0.15, -0.1) is 0 Å². The van der Waals surface area contributed by atoms with E-state index in [4.69, 9.17) is 21.4 Å². The van der Waals surface area contributed by atoms with Crippen molar-refractivity contribution in [1.82, 2.24) is 0 Å². The summed E-state index contributed by atoms with van der Waals surface area (Å²) in [6.07, 6.45) is -4.57. The zero-order valence-corrected chi connectivity index (χ0v) is 14.3. The smallest absolute Gasteiger partial charge is 0.416 e. The van der Waals surface area contributed by atoms with Gasteiger partial charge >= 0.3 is 12.1 Å². The van der Waals surface area contributed by atoms with E-state index in [-0.39, 0.29) is 22.2 Å². The Hall–Kier alpha value is -3.01. The number of ether oxygens (including phenoxy) is 1. The Morgan fingerprint density at radius 2 is 1.96 bits per heavy atom. The molecule has 2 aromatic carbocycles. The van der Waals surface area contributed by atoms with Crippen LogP contribution in [0, 0.1) is 10.1 Å². The molecule has 144 valence electrons. The molecule has 0 fully saturated rings. The Kier molecular flexibility index (Phi) is 5.79. The molecule has 11 heteroatoms. The number of nitro groups is 1. The van der Waals surface area contributed by atoms with Gasteiger partial charge in [-0.25, -0.2) is 0 Å². The molecule has 2 N–H and O–H groups in total. The van der Waals surface area contributed by atoms with Crippen LogP contribution in [0.2, 0.25) is 5.02 Å². The Morgan fingerprint density at radius 1 is 1.30 bits per heavy atom. The lowest BCUT2D eigenvalue weighted by molar-refractivity contribution is -0.384. The number of alkyl halides is 3. The fourth-order valence-electron chi connectivity index (χ4n) is 2.04. The molecule has 0 amide bonds. The van der Waals surface area contributed by atoms with Gasteiger partial charge in [0.1, 0.15) is 23.2 Å². The Bertz CT molecular complexity index is 889. The van der Waals surface area contributed by atoms with Gasteiger partial charge in [-0.1, -0.05) is 11.6 Å². The molecule has 1 unspecified atom stereocenters. The van der Waals surface area contributed by atoms with E-state index in [0.717, 1.165) is 24.3 Å². The number of carboxylic acid groups (broad SMARTS) is 1. The van der Waals surface area contributed by atoms with E-state index in [2.05, 4.69) is 5.32 Å². The summed E-state index contributed by atoms with van der Waals surface area (Å²) in [7, 11) is 0. The minimum atomic E-state index is -4.57. The van der Waals surface area contributed by atoms with Crippen molar-refractivity contribution in [3.05, 3.63) is 57.1 Å². The summed E-state index contributed by atoms with van der Waals surface area (Å²) in [5.74, 6) is -1.32. The summed E-state index contributed by atoms with van der Waals surface area (Å²) >= 11 is 5.81. The van der Waals surface area contributed by atoms with Crippen molar-refractivity contribution >= 4 is 28.9 Å². The summed E-state index contributed by atoms with van der Waals surface area (Å²) in [5, 5.41) is 22.2. The van der Waals surface area contributed by atoms with Gasteiger partial charge in [0.05, 0.1) is 15.5 Å². The number of benzene rings is 2. The van der Waals surface area contributed by atoms with Crippen LogP contribution >= 0.6 is 11.6 Å². The normalized spacial score (nSPS) is 12.3. The number of nitro benzene ring substituents is 1. The third-order valence-corrected chi connectivity index (χ3v) is 3.69. The van der Waals surface area contributed by atoms with Gasteiger partial charge in [-0.05, 0) is 31.2 Å². The van der Waals surface area contributed by atoms with Crippen LogP contribution in [0.1, 0.15) is 12.5 Å². The predicted octanol–water partition coefficient (Wildman–Crippen LogP) is 4.94. The second-order valence-corrected chi connectivity index (χ2v) is 5.79. The first-order valence-corrected chi connectivity index (χ1v) is 7.69. The van der Waals surface area contributed by atoms with Crippen LogP contribution in [0.5, 0.6) is 11.5 Å². The molecule has 0 bridgehead atoms. The van der Waals surface area contributed by atoms with E-state index in [1.54, 1.807) is 0 Å². The maximum absolute atomic E-state index is 12.7. The highest BCUT2D eigenvalue weighted by atomic mass is 35.5. The highest BCUT2D eigenvalue weighted by molar-refractivity contribution is 6.32. The lowest BCUT2D eigenvalue weighted by atomic mass is 10.2. The lowest BCUT2D eigenvalue weighted by Gasteiger charge is -2.14. The Balaban J connectivity index is 2.34. The van der Waals surface area contributed by atoms with Crippen LogP contribution in [-0.4, -0.2) is 22.0 Å². The number of rotatable bonds is 6. The van der Waals surface area contributed by atoms with E-state index < -0.39 is 34.4 Å². The summed E-state index contributed by atoms with van der Waals surface area (Å²) in [5.41, 5.74) is -1.48. The number of nitrogens with zero attached hydrogens (tertiary/aromatic N) is 1. The van der Waals surface area contributed by atoms with E-state index in [0.29, 0.717) is 6.07 Å². The molecule has 0 aliphatic heterocycles. The van der Waals surface area contributed by atoms with Crippen molar-refractivity contribution in [2.45, 2.75) is 19.1 Å². The fraction of sp³-hybridized carbons (Fsp3) is 0.188. The molecule has 0 aliphatic rings. The van der Waals surface area contributed by atoms with Crippen LogP contribution < -0.4 is 10.1 Å². The van der Waals surface area contributed by atoms with Crippen LogP contribution in [-0.2, 0) is 11.0 Å². The number of nitrogens with one attached hydrogen (secondary N) is 1. The van der Waals surface area contributed by atoms with Crippen LogP contribution in [0.3, 0.4) is 0 Å². The third-order valence-electron chi connectivity index (χ3n) is 3.39. The van der Waals surface area contributed by atoms with Gasteiger partial charge < -0.3 is 15.2 Å². The van der Waals surface area contributed by atoms with Crippen molar-refractivity contribution in [2.75, 3.05) is 5.32 Å². The average Bonchev–Trinajstić information content (AvgIpc) is 2.55. The predicted molar refractivity (Wildman–Crippen MR) is 90.3 cm³/mol. The van der Waals surface area contributed by atoms with Crippen LogP contribution in [0.25, 0.3) is 0 Å². The number of aliphatic carboxylic acids is 1. The number of carbonyl (C=O) groups is 1. The Morgan fingerprint density at radius 3 is 2.48 bits per heavy atom. The SMILES string of the molecule is CC(Nc1cc(Oc2ccc(C(F)(F)F)cc2Cl)ccc1[N+](=O)[O-])C(=O)O. The van der Waals surface area contributed by atoms with Crippen LogP contribution in [0.4, 0.5) is 24.5 Å². The highest BCUT2D eigenvalue weighted by Gasteiger charge is 2.31. The first-order chi connectivity index (χ1) is 12.5. The molecule has 0 spiro atoms. The number of anilines is 1. The van der Waals surface area contributed by atoms with Gasteiger partial charge in [0.2, 0.25) is 0 Å². The standard InChI is InChI=1S/C16H12ClF3N2O5/c1-8(15(23)24)21-12-7-10(3-4-13(12)22(25)26)27-14-5-2-9(6-11(14)17)16(18,19)20/h2-8,21H,1H3,(H,23,24). The van der Waals surface area contributed by atoms with Crippen molar-refractivity contribution < 1.29 is 32.7 Å². The van der Waals surface area contributed by atoms with Crippen molar-refractivity contribution in [3.8, 4) is 11.5 Å². The molecule has 0 saturated heterocycles. The first-order valence-electron chi connectivity index (χ1n) is 7.31. The van der Waals surface area contributed by atoms with Gasteiger partial charge in [-0.2, -0.15) is 13.2 Å². The molecule has 27 heavy (non-hydrogen) atoms. The summed E-state index contributed by atoms with van der Waals surface area (Å²) in [6, 6.07) is 4.79. The minimum absolute atomic E-state index is 0.0161. The van der Waals surface area contributed by atoms with Gasteiger partial charge in [-0.3, -0.25) is 14.9 Å². The monoisotopic (exact) mass is 404 g/mol. The van der Waals surface area contributed by atoms with E-state index in [9.17, 15) is 28.1 Å². The maximum Gasteiger partial charge on any atom is 0.416 e. The van der Waals surface area contributed by atoms with Crippen molar-refractivity contribution in [2.24, 2.45) is 0 Å². The van der Waals surface area contributed by atoms with Crippen molar-refractivity contribution in [1.29, 1.82) is 0 Å². The summed E-state index contributed by atoms with van der Waals surface area (Å²) < 4.78 is 43.4. The van der Waals surface area contributed by atoms with E-state index in [1.165, 1.54) is 13.0 Å². The number of halogens is 4. The molecule has 7 nitrogen and oxygen atoms in total. The quantitative estimate of drug-likeness (QED) is 0.522. The molecule has 2 rings (SSSR count). The number of hydrogen-bond acceptors (Lipinski definition) is 5. The van der Waals surface area contributed by atoms with Gasteiger partial charge in [0, 0.05) is 12.1 Å². The maximum atomic E-state index is 12.7. The largest absolute Gasteiger partial charge is 0.480 e. The first kappa shape index (κ1) is 20.3. The second kappa shape index (κ2) is 7.70. The molecule has 0 heterocycles. The number of carboxylic acids is 1. The van der Waals surface area contributed by atoms with Crippen molar-refractivity contribution in [3.63, 3.8) is 0 Å². The minimum Gasteiger partial charge on any atom is -0.480 e. The highest BCUT2D eigenvalue weighted by Crippen LogP contribution is 2.38. The van der Waals surface area contributed by atoms with Gasteiger partial charge in [0.25, 0.3) is 5.69 Å². The summed E-state index contributed by atoms with van der Waals surface area (Å²) in [4.78, 5) is 21.3. The lowest BCUT2D eigenvalue weighted by Crippen LogP contribution is -2.25. The molecule has 2 aromatic rings. The molecular formula is C16H12ClF3N2O5. The molecule has 0 radical (unpaired) electrons. The molecule has 1 atom stereocenters. The number of hydrogen-bond donors (Lipinski definition) is 2.